The van der Waals surface area contributed by atoms with E-state index in [0.29, 0.717) is 25.8 Å². The highest BCUT2D eigenvalue weighted by atomic mass is 16.4. The number of hydrogen-bond donors (Lipinski definition) is 2. The number of nitrogens with zero attached hydrogens (tertiary/aromatic N) is 1. The Morgan fingerprint density at radius 1 is 1.35 bits per heavy atom. The van der Waals surface area contributed by atoms with Gasteiger partial charge >= 0.3 is 5.97 Å². The lowest BCUT2D eigenvalue weighted by atomic mass is 9.73. The highest BCUT2D eigenvalue weighted by Gasteiger charge is 2.42. The molecule has 6 heteroatoms. The van der Waals surface area contributed by atoms with Crippen molar-refractivity contribution in [1.82, 2.24) is 10.2 Å². The first-order chi connectivity index (χ1) is 7.99. The van der Waals surface area contributed by atoms with Crippen LogP contribution in [-0.2, 0) is 14.4 Å². The number of hydrogen-bond acceptors (Lipinski definition) is 3. The zero-order chi connectivity index (χ0) is 12.6. The summed E-state index contributed by atoms with van der Waals surface area (Å²) in [6, 6.07) is -0.171. The van der Waals surface area contributed by atoms with Crippen LogP contribution in [0.5, 0.6) is 0 Å². The number of carboxylic acids is 1. The molecule has 2 fully saturated rings. The molecule has 1 saturated heterocycles. The maximum Gasteiger partial charge on any atom is 0.307 e. The minimum absolute atomic E-state index is 0.0127. The lowest BCUT2D eigenvalue weighted by Crippen LogP contribution is -2.47. The Bertz CT molecular complexity index is 368. The fourth-order valence-corrected chi connectivity index (χ4v) is 2.38. The molecule has 2 N–H and O–H groups in total. The van der Waals surface area contributed by atoms with E-state index in [9.17, 15) is 14.4 Å². The van der Waals surface area contributed by atoms with E-state index in [0.717, 1.165) is 0 Å². The lowest BCUT2D eigenvalue weighted by molar-refractivity contribution is -0.152. The summed E-state index contributed by atoms with van der Waals surface area (Å²) in [6.45, 7) is 0.509. The molecule has 17 heavy (non-hydrogen) atoms. The van der Waals surface area contributed by atoms with E-state index in [1.54, 1.807) is 11.9 Å². The molecule has 6 nitrogen and oxygen atoms in total. The number of carboxylic acid groups (broad SMARTS) is 1. The van der Waals surface area contributed by atoms with Crippen molar-refractivity contribution in [3.8, 4) is 0 Å². The van der Waals surface area contributed by atoms with Gasteiger partial charge in [0.05, 0.1) is 17.9 Å². The molecule has 0 aromatic carbocycles. The fraction of sp³-hybridized carbons (Fsp3) is 0.727. The van der Waals surface area contributed by atoms with Crippen molar-refractivity contribution in [3.63, 3.8) is 0 Å². The Balaban J connectivity index is 1.86. The van der Waals surface area contributed by atoms with E-state index < -0.39 is 17.8 Å². The van der Waals surface area contributed by atoms with Crippen LogP contribution in [0.25, 0.3) is 0 Å². The van der Waals surface area contributed by atoms with Crippen LogP contribution in [0.15, 0.2) is 0 Å². The van der Waals surface area contributed by atoms with Crippen molar-refractivity contribution in [2.24, 2.45) is 11.8 Å². The number of carbonyl (C=O) groups excluding carboxylic acids is 2. The monoisotopic (exact) mass is 240 g/mol. The maximum atomic E-state index is 11.8. The number of likely N-dealkylation sites (N-methyl/N-ethyl adjacent to an activating group) is 1. The molecule has 0 spiro atoms. The van der Waals surface area contributed by atoms with Crippen LogP contribution < -0.4 is 5.32 Å². The SMILES string of the molecule is CN1CC(NC(=O)C2CCC2C(=O)O)CC1=O. The highest BCUT2D eigenvalue weighted by molar-refractivity contribution is 5.87. The van der Waals surface area contributed by atoms with Crippen LogP contribution in [0, 0.1) is 11.8 Å². The first kappa shape index (κ1) is 11.9. The van der Waals surface area contributed by atoms with Crippen LogP contribution in [0.4, 0.5) is 0 Å². The van der Waals surface area contributed by atoms with Gasteiger partial charge < -0.3 is 15.3 Å². The first-order valence-electron chi connectivity index (χ1n) is 5.76. The second kappa shape index (κ2) is 4.35. The Morgan fingerprint density at radius 3 is 2.41 bits per heavy atom. The van der Waals surface area contributed by atoms with Gasteiger partial charge in [-0.3, -0.25) is 14.4 Å². The van der Waals surface area contributed by atoms with Crippen molar-refractivity contribution in [3.05, 3.63) is 0 Å². The van der Waals surface area contributed by atoms with E-state index in [1.165, 1.54) is 0 Å². The summed E-state index contributed by atoms with van der Waals surface area (Å²) >= 11 is 0. The molecule has 2 amide bonds. The fourth-order valence-electron chi connectivity index (χ4n) is 2.38. The summed E-state index contributed by atoms with van der Waals surface area (Å²) in [6.07, 6.45) is 1.50. The molecule has 0 aromatic rings. The minimum Gasteiger partial charge on any atom is -0.481 e. The summed E-state index contributed by atoms with van der Waals surface area (Å²) in [5, 5.41) is 11.6. The number of likely N-dealkylation sites (tertiary alicyclic amines) is 1. The largest absolute Gasteiger partial charge is 0.481 e. The van der Waals surface area contributed by atoms with Gasteiger partial charge in [0.1, 0.15) is 0 Å². The molecule has 1 saturated carbocycles. The standard InChI is InChI=1S/C11H16N2O4/c1-13-5-6(4-9(13)14)12-10(15)7-2-3-8(7)11(16)17/h6-8H,2-5H2,1H3,(H,12,15)(H,16,17). The number of amides is 2. The van der Waals surface area contributed by atoms with Crippen molar-refractivity contribution in [1.29, 1.82) is 0 Å². The number of rotatable bonds is 3. The number of carbonyl (C=O) groups is 3. The molecule has 0 aromatic heterocycles. The molecule has 1 aliphatic carbocycles. The molecule has 2 aliphatic rings. The summed E-state index contributed by atoms with van der Waals surface area (Å²) in [7, 11) is 1.69. The quantitative estimate of drug-likeness (QED) is 0.692. The Kier molecular flexibility index (Phi) is 3.04. The molecule has 1 heterocycles. The van der Waals surface area contributed by atoms with Crippen LogP contribution in [0.1, 0.15) is 19.3 Å². The average Bonchev–Trinajstić information content (AvgIpc) is 2.41. The lowest BCUT2D eigenvalue weighted by Gasteiger charge is -2.32. The number of aliphatic carboxylic acids is 1. The minimum atomic E-state index is -0.906. The molecular weight excluding hydrogens is 224 g/mol. The molecule has 3 unspecified atom stereocenters. The molecular formula is C11H16N2O4. The molecule has 1 aliphatic heterocycles. The third-order valence-corrected chi connectivity index (χ3v) is 3.62. The third kappa shape index (κ3) is 2.25. The van der Waals surface area contributed by atoms with Gasteiger partial charge in [0.2, 0.25) is 11.8 Å². The summed E-state index contributed by atoms with van der Waals surface area (Å²) in [5.41, 5.74) is 0. The van der Waals surface area contributed by atoms with E-state index >= 15 is 0 Å². The Morgan fingerprint density at radius 2 is 2.00 bits per heavy atom. The highest BCUT2D eigenvalue weighted by Crippen LogP contribution is 2.34. The average molecular weight is 240 g/mol. The zero-order valence-corrected chi connectivity index (χ0v) is 9.68. The summed E-state index contributed by atoms with van der Waals surface area (Å²) < 4.78 is 0. The zero-order valence-electron chi connectivity index (χ0n) is 9.68. The van der Waals surface area contributed by atoms with Gasteiger partial charge in [0.15, 0.2) is 0 Å². The molecule has 0 bridgehead atoms. The summed E-state index contributed by atoms with van der Waals surface area (Å²) in [5.74, 6) is -2.09. The maximum absolute atomic E-state index is 11.8. The van der Waals surface area contributed by atoms with Gasteiger partial charge in [-0.05, 0) is 12.8 Å². The third-order valence-electron chi connectivity index (χ3n) is 3.62. The van der Waals surface area contributed by atoms with Gasteiger partial charge in [-0.15, -0.1) is 0 Å². The molecule has 94 valence electrons. The predicted molar refractivity (Wildman–Crippen MR) is 58.0 cm³/mol. The van der Waals surface area contributed by atoms with E-state index in [1.807, 2.05) is 0 Å². The van der Waals surface area contributed by atoms with Crippen LogP contribution >= 0.6 is 0 Å². The van der Waals surface area contributed by atoms with Crippen molar-refractivity contribution in [2.75, 3.05) is 13.6 Å². The number of nitrogens with one attached hydrogen (secondary N) is 1. The summed E-state index contributed by atoms with van der Waals surface area (Å²) in [4.78, 5) is 35.4. The van der Waals surface area contributed by atoms with E-state index in [4.69, 9.17) is 5.11 Å². The smallest absolute Gasteiger partial charge is 0.307 e. The van der Waals surface area contributed by atoms with Gasteiger partial charge in [0, 0.05) is 20.0 Å². The normalized spacial score (nSPS) is 32.2. The van der Waals surface area contributed by atoms with E-state index in [-0.39, 0.29) is 17.9 Å². The molecule has 3 atom stereocenters. The van der Waals surface area contributed by atoms with Crippen molar-refractivity contribution < 1.29 is 19.5 Å². The predicted octanol–water partition coefficient (Wildman–Crippen LogP) is -0.556. The topological polar surface area (TPSA) is 86.7 Å². The van der Waals surface area contributed by atoms with Gasteiger partial charge in [-0.1, -0.05) is 0 Å². The van der Waals surface area contributed by atoms with Crippen LogP contribution in [0.2, 0.25) is 0 Å². The molecule has 0 radical (unpaired) electrons. The Labute approximate surface area is 99.0 Å². The van der Waals surface area contributed by atoms with Gasteiger partial charge in [-0.2, -0.15) is 0 Å². The van der Waals surface area contributed by atoms with Crippen LogP contribution in [-0.4, -0.2) is 47.4 Å². The van der Waals surface area contributed by atoms with E-state index in [2.05, 4.69) is 5.32 Å². The van der Waals surface area contributed by atoms with Gasteiger partial charge in [0.25, 0.3) is 0 Å². The van der Waals surface area contributed by atoms with Crippen molar-refractivity contribution in [2.45, 2.75) is 25.3 Å². The second-order valence-electron chi connectivity index (χ2n) is 4.81. The Hall–Kier alpha value is -1.59. The van der Waals surface area contributed by atoms with Crippen LogP contribution in [0.3, 0.4) is 0 Å². The first-order valence-corrected chi connectivity index (χ1v) is 5.76. The van der Waals surface area contributed by atoms with Crippen molar-refractivity contribution >= 4 is 17.8 Å². The molecule has 2 rings (SSSR count). The second-order valence-corrected chi connectivity index (χ2v) is 4.81. The van der Waals surface area contributed by atoms with Gasteiger partial charge in [-0.25, -0.2) is 0 Å².